The monoisotopic (exact) mass is 339 g/mol. The minimum atomic E-state index is -1.14. The van der Waals surface area contributed by atoms with Gasteiger partial charge in [0.25, 0.3) is 0 Å². The molecule has 2 aromatic carbocycles. The molecule has 0 saturated carbocycles. The lowest BCUT2D eigenvalue weighted by molar-refractivity contribution is -0.118. The molecule has 7 heteroatoms. The van der Waals surface area contributed by atoms with Gasteiger partial charge in [-0.25, -0.2) is 14.6 Å². The number of nitrogens with one attached hydrogen (secondary N) is 1. The van der Waals surface area contributed by atoms with Gasteiger partial charge in [0, 0.05) is 18.9 Å². The first kappa shape index (κ1) is 17.8. The van der Waals surface area contributed by atoms with Gasteiger partial charge in [-0.1, -0.05) is 24.3 Å². The molecule has 6 nitrogen and oxygen atoms in total. The summed E-state index contributed by atoms with van der Waals surface area (Å²) in [5.74, 6) is -2.19. The van der Waals surface area contributed by atoms with Crippen LogP contribution in [0.25, 0.3) is 0 Å². The fraction of sp³-hybridized carbons (Fsp3) is 0.111. The van der Waals surface area contributed by atoms with Crippen LogP contribution in [0, 0.1) is 17.1 Å². The highest BCUT2D eigenvalue weighted by atomic mass is 19.1. The standard InChI is InChI=1S/C18H14FN3O3/c1-11(23)21-22-17(14-4-2-3-5-15(14)18(24)25)9-12-6-7-16(19)13(8-12)10-20/h2-8H,9H2,1H3,(H,21,23)(H,24,25). The highest BCUT2D eigenvalue weighted by Gasteiger charge is 2.16. The third-order valence-electron chi connectivity index (χ3n) is 3.34. The number of carbonyl (C=O) groups is 2. The molecule has 0 aliphatic carbocycles. The summed E-state index contributed by atoms with van der Waals surface area (Å²) in [5.41, 5.74) is 3.35. The number of rotatable bonds is 5. The third kappa shape index (κ3) is 4.48. The molecule has 0 spiro atoms. The van der Waals surface area contributed by atoms with Crippen LogP contribution in [0.1, 0.15) is 34.0 Å². The smallest absolute Gasteiger partial charge is 0.336 e. The summed E-state index contributed by atoms with van der Waals surface area (Å²) in [6.07, 6.45) is 0.111. The lowest BCUT2D eigenvalue weighted by Crippen LogP contribution is -2.19. The lowest BCUT2D eigenvalue weighted by Gasteiger charge is -2.10. The van der Waals surface area contributed by atoms with E-state index in [-0.39, 0.29) is 23.3 Å². The van der Waals surface area contributed by atoms with Gasteiger partial charge in [0.1, 0.15) is 11.9 Å². The fourth-order valence-corrected chi connectivity index (χ4v) is 2.22. The van der Waals surface area contributed by atoms with Crippen molar-refractivity contribution in [2.24, 2.45) is 5.10 Å². The van der Waals surface area contributed by atoms with Crippen molar-refractivity contribution in [3.63, 3.8) is 0 Å². The second-order valence-corrected chi connectivity index (χ2v) is 5.18. The number of benzene rings is 2. The first-order valence-electron chi connectivity index (χ1n) is 7.26. The molecular weight excluding hydrogens is 325 g/mol. The van der Waals surface area contributed by atoms with Crippen LogP contribution in [0.4, 0.5) is 4.39 Å². The van der Waals surface area contributed by atoms with Crippen molar-refractivity contribution >= 4 is 17.6 Å². The van der Waals surface area contributed by atoms with E-state index in [0.717, 1.165) is 6.07 Å². The summed E-state index contributed by atoms with van der Waals surface area (Å²) in [4.78, 5) is 22.6. The van der Waals surface area contributed by atoms with Crippen molar-refractivity contribution in [3.8, 4) is 6.07 Å². The second-order valence-electron chi connectivity index (χ2n) is 5.18. The van der Waals surface area contributed by atoms with Gasteiger partial charge in [0.05, 0.1) is 16.8 Å². The third-order valence-corrected chi connectivity index (χ3v) is 3.34. The van der Waals surface area contributed by atoms with Crippen LogP contribution in [-0.4, -0.2) is 22.7 Å². The minimum Gasteiger partial charge on any atom is -0.478 e. The number of hydrazone groups is 1. The van der Waals surface area contributed by atoms with Crippen molar-refractivity contribution < 1.29 is 19.1 Å². The van der Waals surface area contributed by atoms with Crippen LogP contribution in [0.5, 0.6) is 0 Å². The number of carbonyl (C=O) groups excluding carboxylic acids is 1. The highest BCUT2D eigenvalue weighted by molar-refractivity contribution is 6.09. The molecule has 0 saturated heterocycles. The quantitative estimate of drug-likeness (QED) is 0.645. The predicted octanol–water partition coefficient (Wildman–Crippen LogP) is 2.48. The maximum Gasteiger partial charge on any atom is 0.336 e. The number of nitrogens with zero attached hydrogens (tertiary/aromatic N) is 2. The van der Waals surface area contributed by atoms with E-state index in [9.17, 15) is 19.1 Å². The first-order valence-corrected chi connectivity index (χ1v) is 7.26. The van der Waals surface area contributed by atoms with E-state index in [4.69, 9.17) is 5.26 Å². The van der Waals surface area contributed by atoms with Gasteiger partial charge in [-0.15, -0.1) is 0 Å². The SMILES string of the molecule is CC(=O)NN=C(Cc1ccc(F)c(C#N)c1)c1ccccc1C(=O)O. The van der Waals surface area contributed by atoms with Crippen molar-refractivity contribution in [1.29, 1.82) is 5.26 Å². The Balaban J connectivity index is 2.48. The number of halogens is 1. The molecule has 0 aromatic heterocycles. The lowest BCUT2D eigenvalue weighted by atomic mass is 9.97. The average Bonchev–Trinajstić information content (AvgIpc) is 2.59. The highest BCUT2D eigenvalue weighted by Crippen LogP contribution is 2.16. The maximum atomic E-state index is 13.5. The zero-order valence-corrected chi connectivity index (χ0v) is 13.3. The fourth-order valence-electron chi connectivity index (χ4n) is 2.22. The van der Waals surface area contributed by atoms with Crippen LogP contribution in [-0.2, 0) is 11.2 Å². The average molecular weight is 339 g/mol. The molecule has 0 radical (unpaired) electrons. The van der Waals surface area contributed by atoms with E-state index in [0.29, 0.717) is 11.1 Å². The second kappa shape index (κ2) is 7.84. The van der Waals surface area contributed by atoms with Crippen molar-refractivity contribution in [2.75, 3.05) is 0 Å². The summed E-state index contributed by atoms with van der Waals surface area (Å²) in [7, 11) is 0. The first-order chi connectivity index (χ1) is 11.9. The van der Waals surface area contributed by atoms with Gasteiger partial charge in [-0.2, -0.15) is 10.4 Å². The number of nitriles is 1. The van der Waals surface area contributed by atoms with E-state index in [1.54, 1.807) is 24.3 Å². The number of hydrogen-bond donors (Lipinski definition) is 2. The zero-order valence-electron chi connectivity index (χ0n) is 13.3. The van der Waals surface area contributed by atoms with E-state index >= 15 is 0 Å². The molecule has 0 aliphatic heterocycles. The van der Waals surface area contributed by atoms with Gasteiger partial charge < -0.3 is 5.11 Å². The normalized spacial score (nSPS) is 10.8. The van der Waals surface area contributed by atoms with Crippen LogP contribution < -0.4 is 5.43 Å². The number of aromatic carboxylic acids is 1. The van der Waals surface area contributed by atoms with E-state index in [1.807, 2.05) is 0 Å². The Bertz CT molecular complexity index is 901. The zero-order chi connectivity index (χ0) is 18.4. The molecule has 0 bridgehead atoms. The molecule has 0 fully saturated rings. The number of amides is 1. The Morgan fingerprint density at radius 1 is 1.24 bits per heavy atom. The van der Waals surface area contributed by atoms with Gasteiger partial charge in [-0.3, -0.25) is 4.79 Å². The number of hydrogen-bond acceptors (Lipinski definition) is 4. The molecule has 0 aliphatic rings. The summed E-state index contributed by atoms with van der Waals surface area (Å²) in [5, 5.41) is 22.3. The van der Waals surface area contributed by atoms with E-state index < -0.39 is 17.7 Å². The molecule has 2 rings (SSSR count). The minimum absolute atomic E-state index is 0.0224. The summed E-state index contributed by atoms with van der Waals surface area (Å²) in [6, 6.07) is 12.0. The Hall–Kier alpha value is -3.53. The van der Waals surface area contributed by atoms with Crippen molar-refractivity contribution in [3.05, 3.63) is 70.5 Å². The molecule has 0 heterocycles. The Labute approximate surface area is 143 Å². The van der Waals surface area contributed by atoms with Crippen LogP contribution in [0.2, 0.25) is 0 Å². The predicted molar refractivity (Wildman–Crippen MR) is 88.6 cm³/mol. The molecule has 0 atom stereocenters. The molecule has 0 unspecified atom stereocenters. The van der Waals surface area contributed by atoms with Crippen LogP contribution in [0.3, 0.4) is 0 Å². The van der Waals surface area contributed by atoms with Crippen molar-refractivity contribution in [1.82, 2.24) is 5.43 Å². The number of carboxylic acids is 1. The topological polar surface area (TPSA) is 103 Å². The van der Waals surface area contributed by atoms with E-state index in [1.165, 1.54) is 25.1 Å². The molecule has 25 heavy (non-hydrogen) atoms. The largest absolute Gasteiger partial charge is 0.478 e. The van der Waals surface area contributed by atoms with Gasteiger partial charge in [0.15, 0.2) is 0 Å². The Kier molecular flexibility index (Phi) is 5.58. The van der Waals surface area contributed by atoms with Gasteiger partial charge in [-0.05, 0) is 23.8 Å². The molecule has 2 N–H and O–H groups in total. The van der Waals surface area contributed by atoms with Crippen molar-refractivity contribution in [2.45, 2.75) is 13.3 Å². The molecule has 1 amide bonds. The van der Waals surface area contributed by atoms with Crippen LogP contribution in [0.15, 0.2) is 47.6 Å². The maximum absolute atomic E-state index is 13.5. The Morgan fingerprint density at radius 3 is 2.52 bits per heavy atom. The number of carboxylic acid groups (broad SMARTS) is 1. The summed E-state index contributed by atoms with van der Waals surface area (Å²) < 4.78 is 13.5. The van der Waals surface area contributed by atoms with Crippen LogP contribution >= 0.6 is 0 Å². The summed E-state index contributed by atoms with van der Waals surface area (Å²) in [6.45, 7) is 1.27. The molecule has 2 aromatic rings. The Morgan fingerprint density at radius 2 is 1.92 bits per heavy atom. The molecule has 126 valence electrons. The van der Waals surface area contributed by atoms with Gasteiger partial charge >= 0.3 is 5.97 Å². The summed E-state index contributed by atoms with van der Waals surface area (Å²) >= 11 is 0. The van der Waals surface area contributed by atoms with E-state index in [2.05, 4.69) is 10.5 Å². The molecular formula is C18H14FN3O3. The van der Waals surface area contributed by atoms with Gasteiger partial charge in [0.2, 0.25) is 5.91 Å².